The van der Waals surface area contributed by atoms with E-state index < -0.39 is 5.97 Å². The Morgan fingerprint density at radius 2 is 2.06 bits per heavy atom. The van der Waals surface area contributed by atoms with E-state index in [0.717, 1.165) is 10.0 Å². The van der Waals surface area contributed by atoms with E-state index in [1.807, 2.05) is 0 Å². The van der Waals surface area contributed by atoms with Crippen molar-refractivity contribution in [3.05, 3.63) is 33.4 Å². The van der Waals surface area contributed by atoms with Crippen molar-refractivity contribution in [1.29, 1.82) is 0 Å². The average Bonchev–Trinajstić information content (AvgIpc) is 2.76. The highest BCUT2D eigenvalue weighted by molar-refractivity contribution is 9.10. The van der Waals surface area contributed by atoms with Crippen molar-refractivity contribution in [2.75, 3.05) is 0 Å². The molecule has 0 fully saturated rings. The fourth-order valence-electron chi connectivity index (χ4n) is 1.66. The molecule has 18 heavy (non-hydrogen) atoms. The Hall–Kier alpha value is -1.82. The molecular weight excluding hydrogens is 302 g/mol. The first-order valence-electron chi connectivity index (χ1n) is 5.11. The number of phenols is 1. The van der Waals surface area contributed by atoms with Gasteiger partial charge in [-0.2, -0.15) is 0 Å². The van der Waals surface area contributed by atoms with Crippen LogP contribution >= 0.6 is 15.9 Å². The Kier molecular flexibility index (Phi) is 3.13. The normalized spacial score (nSPS) is 10.6. The third-order valence-electron chi connectivity index (χ3n) is 2.66. The number of carbonyl (C=O) groups is 1. The molecule has 0 spiro atoms. The summed E-state index contributed by atoms with van der Waals surface area (Å²) in [6, 6.07) is 3.07. The number of nitrogens with zero attached hydrogens (tertiary/aromatic N) is 1. The number of hydrogen-bond donors (Lipinski definition) is 2. The molecule has 0 amide bonds. The number of aromatic nitrogens is 1. The molecule has 0 aliphatic carbocycles. The van der Waals surface area contributed by atoms with Crippen molar-refractivity contribution in [3.8, 4) is 17.1 Å². The first kappa shape index (κ1) is 12.6. The third-order valence-corrected chi connectivity index (χ3v) is 3.49. The molecule has 0 radical (unpaired) electrons. The van der Waals surface area contributed by atoms with E-state index in [0.29, 0.717) is 11.1 Å². The highest BCUT2D eigenvalue weighted by Gasteiger charge is 2.19. The lowest BCUT2D eigenvalue weighted by molar-refractivity contribution is 0.0686. The molecule has 0 saturated heterocycles. The van der Waals surface area contributed by atoms with Crippen LogP contribution in [0.4, 0.5) is 0 Å². The van der Waals surface area contributed by atoms with E-state index >= 15 is 0 Å². The second kappa shape index (κ2) is 4.45. The van der Waals surface area contributed by atoms with Crippen LogP contribution in [-0.2, 0) is 0 Å². The van der Waals surface area contributed by atoms with Gasteiger partial charge in [-0.25, -0.2) is 4.79 Å². The van der Waals surface area contributed by atoms with Crippen LogP contribution in [-0.4, -0.2) is 21.3 Å². The number of aryl methyl sites for hydroxylation is 1. The molecule has 2 N–H and O–H groups in total. The van der Waals surface area contributed by atoms with Crippen LogP contribution in [0.25, 0.3) is 11.3 Å². The van der Waals surface area contributed by atoms with Crippen molar-refractivity contribution < 1.29 is 19.5 Å². The monoisotopic (exact) mass is 311 g/mol. The standard InChI is InChI=1S/C12H10BrNO4/c1-5-3-7(13)6(2)10(11(5)15)9-4-8(12(16)17)14-18-9/h3-4,15H,1-2H3,(H,16,17). The summed E-state index contributed by atoms with van der Waals surface area (Å²) in [6.45, 7) is 3.54. The van der Waals surface area contributed by atoms with E-state index in [9.17, 15) is 9.90 Å². The lowest BCUT2D eigenvalue weighted by Gasteiger charge is -2.09. The Labute approximate surface area is 111 Å². The molecule has 0 aliphatic heterocycles. The number of hydrogen-bond acceptors (Lipinski definition) is 4. The van der Waals surface area contributed by atoms with Crippen molar-refractivity contribution in [1.82, 2.24) is 5.16 Å². The zero-order valence-corrected chi connectivity index (χ0v) is 11.3. The molecule has 6 heteroatoms. The number of carboxylic acids is 1. The second-order valence-electron chi connectivity index (χ2n) is 3.91. The molecule has 0 unspecified atom stereocenters. The highest BCUT2D eigenvalue weighted by Crippen LogP contribution is 2.39. The van der Waals surface area contributed by atoms with Gasteiger partial charge in [-0.3, -0.25) is 0 Å². The Bertz CT molecular complexity index is 607. The topological polar surface area (TPSA) is 83.6 Å². The van der Waals surface area contributed by atoms with Gasteiger partial charge in [0.2, 0.25) is 0 Å². The van der Waals surface area contributed by atoms with Gasteiger partial charge in [0.25, 0.3) is 0 Å². The Morgan fingerprint density at radius 3 is 2.61 bits per heavy atom. The number of carboxylic acid groups (broad SMARTS) is 1. The predicted molar refractivity (Wildman–Crippen MR) is 67.7 cm³/mol. The van der Waals surface area contributed by atoms with Crippen LogP contribution in [0.15, 0.2) is 21.1 Å². The zero-order valence-electron chi connectivity index (χ0n) is 9.69. The molecule has 1 heterocycles. The zero-order chi connectivity index (χ0) is 13.4. The number of rotatable bonds is 2. The maximum atomic E-state index is 10.8. The molecule has 2 rings (SSSR count). The number of aromatic hydroxyl groups is 1. The summed E-state index contributed by atoms with van der Waals surface area (Å²) in [5.41, 5.74) is 1.67. The Balaban J connectivity index is 2.66. The van der Waals surface area contributed by atoms with Gasteiger partial charge in [0.05, 0.1) is 5.56 Å². The lowest BCUT2D eigenvalue weighted by Crippen LogP contribution is -1.94. The minimum atomic E-state index is -1.17. The van der Waals surface area contributed by atoms with E-state index in [-0.39, 0.29) is 17.2 Å². The predicted octanol–water partition coefficient (Wildman–Crippen LogP) is 3.12. The molecule has 2 aromatic rings. The minimum Gasteiger partial charge on any atom is -0.507 e. The summed E-state index contributed by atoms with van der Waals surface area (Å²) in [4.78, 5) is 10.8. The van der Waals surface area contributed by atoms with Crippen LogP contribution in [0.3, 0.4) is 0 Å². The lowest BCUT2D eigenvalue weighted by atomic mass is 10.0. The van der Waals surface area contributed by atoms with Crippen LogP contribution in [0.5, 0.6) is 5.75 Å². The van der Waals surface area contributed by atoms with Crippen molar-refractivity contribution in [2.45, 2.75) is 13.8 Å². The van der Waals surface area contributed by atoms with Crippen LogP contribution in [0, 0.1) is 13.8 Å². The van der Waals surface area contributed by atoms with E-state index in [2.05, 4.69) is 21.1 Å². The van der Waals surface area contributed by atoms with E-state index in [4.69, 9.17) is 9.63 Å². The molecular formula is C12H10BrNO4. The van der Waals surface area contributed by atoms with Gasteiger partial charge in [0.15, 0.2) is 11.5 Å². The van der Waals surface area contributed by atoms with E-state index in [1.165, 1.54) is 6.07 Å². The van der Waals surface area contributed by atoms with Crippen LogP contribution < -0.4 is 0 Å². The molecule has 5 nitrogen and oxygen atoms in total. The molecule has 1 aromatic carbocycles. The largest absolute Gasteiger partial charge is 0.507 e. The summed E-state index contributed by atoms with van der Waals surface area (Å²) in [5, 5.41) is 22.3. The van der Waals surface area contributed by atoms with Gasteiger partial charge in [0, 0.05) is 10.5 Å². The molecule has 94 valence electrons. The van der Waals surface area contributed by atoms with Gasteiger partial charge >= 0.3 is 5.97 Å². The van der Waals surface area contributed by atoms with Gasteiger partial charge in [0.1, 0.15) is 5.75 Å². The quantitative estimate of drug-likeness (QED) is 0.890. The van der Waals surface area contributed by atoms with Gasteiger partial charge in [-0.1, -0.05) is 21.1 Å². The maximum absolute atomic E-state index is 10.8. The molecule has 0 bridgehead atoms. The second-order valence-corrected chi connectivity index (χ2v) is 4.76. The average molecular weight is 312 g/mol. The summed E-state index contributed by atoms with van der Waals surface area (Å²) < 4.78 is 5.78. The number of aromatic carboxylic acids is 1. The van der Waals surface area contributed by atoms with E-state index in [1.54, 1.807) is 19.9 Å². The molecule has 0 saturated carbocycles. The first-order chi connectivity index (χ1) is 8.41. The third kappa shape index (κ3) is 1.99. The number of phenolic OH excluding ortho intramolecular Hbond substituents is 1. The van der Waals surface area contributed by atoms with Gasteiger partial charge in [-0.05, 0) is 31.0 Å². The van der Waals surface area contributed by atoms with Crippen LogP contribution in [0.2, 0.25) is 0 Å². The summed E-state index contributed by atoms with van der Waals surface area (Å²) in [6.07, 6.45) is 0. The highest BCUT2D eigenvalue weighted by atomic mass is 79.9. The number of benzene rings is 1. The molecule has 0 aliphatic rings. The van der Waals surface area contributed by atoms with Crippen LogP contribution in [0.1, 0.15) is 21.6 Å². The fraction of sp³-hybridized carbons (Fsp3) is 0.167. The summed E-state index contributed by atoms with van der Waals surface area (Å²) >= 11 is 3.37. The maximum Gasteiger partial charge on any atom is 0.358 e. The Morgan fingerprint density at radius 1 is 1.39 bits per heavy atom. The fourth-order valence-corrected chi connectivity index (χ4v) is 2.20. The molecule has 0 atom stereocenters. The SMILES string of the molecule is Cc1cc(Br)c(C)c(-c2cc(C(=O)O)no2)c1O. The van der Waals surface area contributed by atoms with Gasteiger partial charge < -0.3 is 14.7 Å². The molecule has 1 aromatic heterocycles. The summed E-state index contributed by atoms with van der Waals surface area (Å²) in [5.74, 6) is -0.885. The number of halogens is 1. The van der Waals surface area contributed by atoms with Crippen molar-refractivity contribution >= 4 is 21.9 Å². The van der Waals surface area contributed by atoms with Crippen molar-refractivity contribution in [2.24, 2.45) is 0 Å². The van der Waals surface area contributed by atoms with Gasteiger partial charge in [-0.15, -0.1) is 0 Å². The first-order valence-corrected chi connectivity index (χ1v) is 5.90. The summed E-state index contributed by atoms with van der Waals surface area (Å²) in [7, 11) is 0. The minimum absolute atomic E-state index is 0.0591. The van der Waals surface area contributed by atoms with Crippen molar-refractivity contribution in [3.63, 3.8) is 0 Å². The smallest absolute Gasteiger partial charge is 0.358 e.